The monoisotopic (exact) mass is 266 g/mol. The van der Waals surface area contributed by atoms with E-state index >= 15 is 0 Å². The lowest BCUT2D eigenvalue weighted by atomic mass is 10.2. The minimum atomic E-state index is -2.82. The number of fused-ring (bicyclic) bond motifs is 1. The highest BCUT2D eigenvalue weighted by molar-refractivity contribution is 7.91. The number of hydrogen-bond donors (Lipinski definition) is 1. The van der Waals surface area contributed by atoms with Gasteiger partial charge in [0.25, 0.3) is 6.01 Å². The Morgan fingerprint density at radius 2 is 1.94 bits per heavy atom. The van der Waals surface area contributed by atoms with Crippen LogP contribution in [0.1, 0.15) is 12.8 Å². The molecule has 1 fully saturated rings. The van der Waals surface area contributed by atoms with Crippen LogP contribution in [0.5, 0.6) is 0 Å². The van der Waals surface area contributed by atoms with E-state index in [0.29, 0.717) is 18.9 Å². The van der Waals surface area contributed by atoms with E-state index in [1.54, 1.807) is 0 Å². The Morgan fingerprint density at radius 3 is 2.67 bits per heavy atom. The Morgan fingerprint density at radius 1 is 1.22 bits per heavy atom. The molecule has 0 atom stereocenters. The van der Waals surface area contributed by atoms with Crippen molar-refractivity contribution in [2.24, 2.45) is 0 Å². The number of rotatable bonds is 2. The maximum atomic E-state index is 11.3. The molecule has 1 saturated heterocycles. The molecule has 1 aliphatic rings. The summed E-state index contributed by atoms with van der Waals surface area (Å²) in [4.78, 5) is 4.32. The summed E-state index contributed by atoms with van der Waals surface area (Å²) in [6.07, 6.45) is 1.22. The molecule has 0 bridgehead atoms. The molecule has 2 heterocycles. The van der Waals surface area contributed by atoms with Gasteiger partial charge in [0.1, 0.15) is 15.4 Å². The first-order valence-electron chi connectivity index (χ1n) is 5.95. The average Bonchev–Trinajstić information content (AvgIpc) is 2.74. The van der Waals surface area contributed by atoms with E-state index in [-0.39, 0.29) is 17.5 Å². The summed E-state index contributed by atoms with van der Waals surface area (Å²) in [5, 5.41) is 3.17. The van der Waals surface area contributed by atoms with Crippen LogP contribution >= 0.6 is 0 Å². The fourth-order valence-electron chi connectivity index (χ4n) is 2.14. The number of anilines is 1. The van der Waals surface area contributed by atoms with Gasteiger partial charge in [-0.2, -0.15) is 4.98 Å². The van der Waals surface area contributed by atoms with Gasteiger partial charge >= 0.3 is 0 Å². The number of oxazole rings is 1. The van der Waals surface area contributed by atoms with Crippen LogP contribution in [0.2, 0.25) is 0 Å². The van der Waals surface area contributed by atoms with Gasteiger partial charge in [-0.05, 0) is 25.0 Å². The minimum absolute atomic E-state index is 0.126. The Bertz CT molecular complexity index is 616. The lowest BCUT2D eigenvalue weighted by molar-refractivity contribution is 0.542. The van der Waals surface area contributed by atoms with Gasteiger partial charge in [0, 0.05) is 6.04 Å². The number of aromatic nitrogens is 1. The zero-order valence-electron chi connectivity index (χ0n) is 9.80. The van der Waals surface area contributed by atoms with E-state index in [1.807, 2.05) is 24.3 Å². The largest absolute Gasteiger partial charge is 0.424 e. The fraction of sp³-hybridized carbons (Fsp3) is 0.417. The second kappa shape index (κ2) is 4.28. The van der Waals surface area contributed by atoms with Crippen LogP contribution in [0.15, 0.2) is 28.7 Å². The molecule has 0 unspecified atom stereocenters. The molecule has 6 heteroatoms. The van der Waals surface area contributed by atoms with Crippen molar-refractivity contribution in [2.45, 2.75) is 18.9 Å². The van der Waals surface area contributed by atoms with Crippen LogP contribution in [0.4, 0.5) is 6.01 Å². The minimum Gasteiger partial charge on any atom is -0.424 e. The summed E-state index contributed by atoms with van der Waals surface area (Å²) in [5.41, 5.74) is 1.55. The normalized spacial score (nSPS) is 20.0. The number of sulfone groups is 1. The highest BCUT2D eigenvalue weighted by atomic mass is 32.2. The van der Waals surface area contributed by atoms with Crippen LogP contribution in [-0.4, -0.2) is 30.9 Å². The van der Waals surface area contributed by atoms with Crippen LogP contribution in [-0.2, 0) is 9.84 Å². The standard InChI is InChI=1S/C12H14N2O3S/c15-18(16)7-5-9(6-8-18)13-12-14-10-3-1-2-4-11(10)17-12/h1-4,9H,5-8H2,(H,13,14). The van der Waals surface area contributed by atoms with Gasteiger partial charge < -0.3 is 9.73 Å². The third-order valence-electron chi connectivity index (χ3n) is 3.18. The Hall–Kier alpha value is -1.56. The first-order chi connectivity index (χ1) is 8.62. The summed E-state index contributed by atoms with van der Waals surface area (Å²) < 4.78 is 28.2. The molecule has 0 spiro atoms. The molecule has 5 nitrogen and oxygen atoms in total. The van der Waals surface area contributed by atoms with E-state index in [0.717, 1.165) is 11.1 Å². The zero-order chi connectivity index (χ0) is 12.6. The van der Waals surface area contributed by atoms with E-state index in [9.17, 15) is 8.42 Å². The van der Waals surface area contributed by atoms with Crippen LogP contribution in [0, 0.1) is 0 Å². The lowest BCUT2D eigenvalue weighted by Gasteiger charge is -2.21. The molecule has 1 N–H and O–H groups in total. The van der Waals surface area contributed by atoms with Gasteiger partial charge in [0.05, 0.1) is 11.5 Å². The summed E-state index contributed by atoms with van der Waals surface area (Å²) in [6.45, 7) is 0. The van der Waals surface area contributed by atoms with Gasteiger partial charge in [-0.15, -0.1) is 0 Å². The molecule has 3 rings (SSSR count). The molecule has 1 aromatic heterocycles. The number of para-hydroxylation sites is 2. The molecule has 1 aromatic carbocycles. The highest BCUT2D eigenvalue weighted by Crippen LogP contribution is 2.21. The molecular formula is C12H14N2O3S. The number of hydrogen-bond acceptors (Lipinski definition) is 5. The molecule has 18 heavy (non-hydrogen) atoms. The van der Waals surface area contributed by atoms with E-state index in [4.69, 9.17) is 4.42 Å². The molecule has 0 amide bonds. The fourth-order valence-corrected chi connectivity index (χ4v) is 3.63. The first-order valence-corrected chi connectivity index (χ1v) is 7.77. The summed E-state index contributed by atoms with van der Waals surface area (Å²) in [6, 6.07) is 8.14. The van der Waals surface area contributed by atoms with E-state index < -0.39 is 9.84 Å². The van der Waals surface area contributed by atoms with Gasteiger partial charge in [0.15, 0.2) is 5.58 Å². The lowest BCUT2D eigenvalue weighted by Crippen LogP contribution is -2.32. The third-order valence-corrected chi connectivity index (χ3v) is 4.89. The van der Waals surface area contributed by atoms with E-state index in [1.165, 1.54) is 0 Å². The van der Waals surface area contributed by atoms with Gasteiger partial charge in [-0.3, -0.25) is 0 Å². The van der Waals surface area contributed by atoms with Crippen molar-refractivity contribution >= 4 is 27.0 Å². The second-order valence-electron chi connectivity index (χ2n) is 4.56. The maximum Gasteiger partial charge on any atom is 0.295 e. The van der Waals surface area contributed by atoms with Crippen LogP contribution < -0.4 is 5.32 Å². The van der Waals surface area contributed by atoms with Gasteiger partial charge in [-0.1, -0.05) is 12.1 Å². The molecular weight excluding hydrogens is 252 g/mol. The molecule has 2 aromatic rings. The molecule has 0 saturated carbocycles. The number of nitrogens with zero attached hydrogens (tertiary/aromatic N) is 1. The maximum absolute atomic E-state index is 11.3. The molecule has 1 aliphatic heterocycles. The summed E-state index contributed by atoms with van der Waals surface area (Å²) in [7, 11) is -2.82. The van der Waals surface area contributed by atoms with Crippen LogP contribution in [0.25, 0.3) is 11.1 Å². The predicted octanol–water partition coefficient (Wildman–Crippen LogP) is 1.82. The molecule has 96 valence electrons. The predicted molar refractivity (Wildman–Crippen MR) is 69.3 cm³/mol. The van der Waals surface area contributed by atoms with Crippen molar-refractivity contribution in [3.05, 3.63) is 24.3 Å². The highest BCUT2D eigenvalue weighted by Gasteiger charge is 2.24. The first kappa shape index (κ1) is 11.5. The van der Waals surface area contributed by atoms with Crippen molar-refractivity contribution in [3.8, 4) is 0 Å². The van der Waals surface area contributed by atoms with Crippen molar-refractivity contribution in [1.29, 1.82) is 0 Å². The smallest absolute Gasteiger partial charge is 0.295 e. The SMILES string of the molecule is O=S1(=O)CCC(Nc2nc3ccccc3o2)CC1. The van der Waals surface area contributed by atoms with Crippen molar-refractivity contribution < 1.29 is 12.8 Å². The van der Waals surface area contributed by atoms with Crippen molar-refractivity contribution in [1.82, 2.24) is 4.98 Å². The van der Waals surface area contributed by atoms with Crippen LogP contribution in [0.3, 0.4) is 0 Å². The Kier molecular flexibility index (Phi) is 2.74. The Balaban J connectivity index is 1.73. The zero-order valence-corrected chi connectivity index (χ0v) is 10.6. The molecule has 0 aliphatic carbocycles. The van der Waals surface area contributed by atoms with Crippen molar-refractivity contribution in [2.75, 3.05) is 16.8 Å². The number of benzene rings is 1. The topological polar surface area (TPSA) is 72.2 Å². The average molecular weight is 266 g/mol. The Labute approximate surface area is 105 Å². The summed E-state index contributed by atoms with van der Waals surface area (Å²) in [5.74, 6) is 0.482. The van der Waals surface area contributed by atoms with Crippen molar-refractivity contribution in [3.63, 3.8) is 0 Å². The second-order valence-corrected chi connectivity index (χ2v) is 6.86. The van der Waals surface area contributed by atoms with Gasteiger partial charge in [-0.25, -0.2) is 8.42 Å². The quantitative estimate of drug-likeness (QED) is 0.897. The van der Waals surface area contributed by atoms with E-state index in [2.05, 4.69) is 10.3 Å². The third kappa shape index (κ3) is 2.33. The number of nitrogens with one attached hydrogen (secondary N) is 1. The summed E-state index contributed by atoms with van der Waals surface area (Å²) >= 11 is 0. The molecule has 0 radical (unpaired) electrons. The van der Waals surface area contributed by atoms with Gasteiger partial charge in [0.2, 0.25) is 0 Å².